The highest BCUT2D eigenvalue weighted by atomic mass is 35.5. The quantitative estimate of drug-likeness (QED) is 0.665. The molecule has 2 heterocycles. The summed E-state index contributed by atoms with van der Waals surface area (Å²) in [6.07, 6.45) is 2.91. The van der Waals surface area contributed by atoms with E-state index in [9.17, 15) is 9.59 Å². The van der Waals surface area contributed by atoms with Gasteiger partial charge in [0.25, 0.3) is 5.91 Å². The first-order valence-corrected chi connectivity index (χ1v) is 9.69. The van der Waals surface area contributed by atoms with Gasteiger partial charge < -0.3 is 4.90 Å². The Labute approximate surface area is 168 Å². The summed E-state index contributed by atoms with van der Waals surface area (Å²) in [6.45, 7) is 1.13. The summed E-state index contributed by atoms with van der Waals surface area (Å²) in [6, 6.07) is 16.6. The van der Waals surface area contributed by atoms with E-state index in [2.05, 4.69) is 10.2 Å². The molecule has 0 atom stereocenters. The number of aromatic nitrogens is 2. The van der Waals surface area contributed by atoms with E-state index in [1.807, 2.05) is 42.5 Å². The molecule has 2 aromatic carbocycles. The average Bonchev–Trinajstić information content (AvgIpc) is 3.24. The van der Waals surface area contributed by atoms with Gasteiger partial charge in [-0.15, -0.1) is 0 Å². The Kier molecular flexibility index (Phi) is 5.26. The van der Waals surface area contributed by atoms with Crippen LogP contribution in [-0.2, 0) is 0 Å². The molecule has 1 amide bonds. The molecule has 0 saturated carbocycles. The molecule has 0 radical (unpaired) electrons. The van der Waals surface area contributed by atoms with Crippen molar-refractivity contribution in [3.8, 4) is 11.3 Å². The van der Waals surface area contributed by atoms with Gasteiger partial charge in [0.2, 0.25) is 0 Å². The van der Waals surface area contributed by atoms with E-state index in [-0.39, 0.29) is 17.6 Å². The lowest BCUT2D eigenvalue weighted by Crippen LogP contribution is -2.40. The average molecular weight is 394 g/mol. The molecule has 142 valence electrons. The maximum absolute atomic E-state index is 13.0. The summed E-state index contributed by atoms with van der Waals surface area (Å²) in [7, 11) is 0. The van der Waals surface area contributed by atoms with Gasteiger partial charge in [-0.2, -0.15) is 5.10 Å². The molecule has 0 spiro atoms. The number of benzene rings is 2. The zero-order valence-corrected chi connectivity index (χ0v) is 16.0. The van der Waals surface area contributed by atoms with E-state index in [4.69, 9.17) is 11.6 Å². The van der Waals surface area contributed by atoms with Crippen LogP contribution in [0.5, 0.6) is 0 Å². The van der Waals surface area contributed by atoms with Gasteiger partial charge in [-0.05, 0) is 25.0 Å². The molecule has 6 heteroatoms. The van der Waals surface area contributed by atoms with Crippen LogP contribution in [0.3, 0.4) is 0 Å². The Morgan fingerprint density at radius 2 is 1.68 bits per heavy atom. The summed E-state index contributed by atoms with van der Waals surface area (Å²) < 4.78 is 0. The standard InChI is InChI=1S/C22H20ClN3O2/c23-18-8-6-15(7-9-18)20-19(14-24-25-20)22(28)26-12-10-17(11-13-26)21(27)16-4-2-1-3-5-16/h1-9,14,17H,10-13H2,(H,24,25). The second kappa shape index (κ2) is 7.98. The highest BCUT2D eigenvalue weighted by Crippen LogP contribution is 2.27. The molecular formula is C22H20ClN3O2. The lowest BCUT2D eigenvalue weighted by molar-refractivity contribution is 0.0651. The van der Waals surface area contributed by atoms with Crippen molar-refractivity contribution in [2.24, 2.45) is 5.92 Å². The normalized spacial score (nSPS) is 14.8. The minimum atomic E-state index is -0.0655. The molecule has 28 heavy (non-hydrogen) atoms. The van der Waals surface area contributed by atoms with E-state index in [0.29, 0.717) is 42.2 Å². The topological polar surface area (TPSA) is 66.1 Å². The Bertz CT molecular complexity index is 975. The van der Waals surface area contributed by atoms with Crippen molar-refractivity contribution < 1.29 is 9.59 Å². The molecule has 1 N–H and O–H groups in total. The maximum Gasteiger partial charge on any atom is 0.257 e. The van der Waals surface area contributed by atoms with Crippen molar-refractivity contribution in [3.05, 3.63) is 76.9 Å². The Balaban J connectivity index is 1.45. The molecular weight excluding hydrogens is 374 g/mol. The number of aromatic amines is 1. The molecule has 1 aliphatic heterocycles. The summed E-state index contributed by atoms with van der Waals surface area (Å²) in [5.74, 6) is 0.0636. The van der Waals surface area contributed by atoms with Crippen LogP contribution in [0.15, 0.2) is 60.8 Å². The highest BCUT2D eigenvalue weighted by molar-refractivity contribution is 6.30. The van der Waals surface area contributed by atoms with E-state index in [1.54, 1.807) is 23.2 Å². The first-order valence-electron chi connectivity index (χ1n) is 9.31. The van der Waals surface area contributed by atoms with Crippen molar-refractivity contribution in [2.45, 2.75) is 12.8 Å². The second-order valence-electron chi connectivity index (χ2n) is 6.96. The van der Waals surface area contributed by atoms with Crippen LogP contribution in [0.25, 0.3) is 11.3 Å². The van der Waals surface area contributed by atoms with Crippen LogP contribution < -0.4 is 0 Å². The largest absolute Gasteiger partial charge is 0.338 e. The Morgan fingerprint density at radius 1 is 1.00 bits per heavy atom. The van der Waals surface area contributed by atoms with Gasteiger partial charge in [0, 0.05) is 35.2 Å². The predicted octanol–water partition coefficient (Wildman–Crippen LogP) is 4.47. The number of carbonyl (C=O) groups excluding carboxylic acids is 2. The number of amides is 1. The summed E-state index contributed by atoms with van der Waals surface area (Å²) in [5.41, 5.74) is 2.82. The van der Waals surface area contributed by atoms with Crippen LogP contribution in [-0.4, -0.2) is 39.9 Å². The fourth-order valence-electron chi connectivity index (χ4n) is 3.64. The van der Waals surface area contributed by atoms with Gasteiger partial charge in [0.1, 0.15) is 0 Å². The number of halogens is 1. The van der Waals surface area contributed by atoms with E-state index in [1.165, 1.54) is 0 Å². The minimum absolute atomic E-state index is 0.0356. The van der Waals surface area contributed by atoms with E-state index >= 15 is 0 Å². The summed E-state index contributed by atoms with van der Waals surface area (Å²) in [4.78, 5) is 27.5. The molecule has 1 saturated heterocycles. The fraction of sp³-hybridized carbons (Fsp3) is 0.227. The summed E-state index contributed by atoms with van der Waals surface area (Å²) in [5, 5.41) is 7.62. The number of likely N-dealkylation sites (tertiary alicyclic amines) is 1. The van der Waals surface area contributed by atoms with Crippen molar-refractivity contribution in [1.82, 2.24) is 15.1 Å². The Morgan fingerprint density at radius 3 is 2.36 bits per heavy atom. The lowest BCUT2D eigenvalue weighted by Gasteiger charge is -2.31. The van der Waals surface area contributed by atoms with Crippen LogP contribution in [0.1, 0.15) is 33.6 Å². The van der Waals surface area contributed by atoms with Crippen LogP contribution >= 0.6 is 11.6 Å². The predicted molar refractivity (Wildman–Crippen MR) is 108 cm³/mol. The zero-order chi connectivity index (χ0) is 19.5. The monoisotopic (exact) mass is 393 g/mol. The molecule has 0 unspecified atom stereocenters. The first kappa shape index (κ1) is 18.4. The minimum Gasteiger partial charge on any atom is -0.338 e. The number of piperidine rings is 1. The van der Waals surface area contributed by atoms with Gasteiger partial charge in [-0.25, -0.2) is 0 Å². The highest BCUT2D eigenvalue weighted by Gasteiger charge is 2.29. The fourth-order valence-corrected chi connectivity index (χ4v) is 3.76. The molecule has 5 nitrogen and oxygen atoms in total. The third-order valence-corrected chi connectivity index (χ3v) is 5.47. The van der Waals surface area contributed by atoms with Gasteiger partial charge in [-0.1, -0.05) is 54.1 Å². The number of rotatable bonds is 4. The van der Waals surface area contributed by atoms with Gasteiger partial charge in [-0.3, -0.25) is 14.7 Å². The molecule has 4 rings (SSSR count). The number of H-pyrrole nitrogens is 1. The first-order chi connectivity index (χ1) is 13.6. The smallest absolute Gasteiger partial charge is 0.257 e. The third kappa shape index (κ3) is 3.71. The molecule has 1 aromatic heterocycles. The van der Waals surface area contributed by atoms with E-state index < -0.39 is 0 Å². The maximum atomic E-state index is 13.0. The number of nitrogens with zero attached hydrogens (tertiary/aromatic N) is 2. The van der Waals surface area contributed by atoms with Crippen molar-refractivity contribution in [3.63, 3.8) is 0 Å². The van der Waals surface area contributed by atoms with Gasteiger partial charge >= 0.3 is 0 Å². The second-order valence-corrected chi connectivity index (χ2v) is 7.40. The molecule has 3 aromatic rings. The third-order valence-electron chi connectivity index (χ3n) is 5.21. The number of nitrogens with one attached hydrogen (secondary N) is 1. The number of hydrogen-bond acceptors (Lipinski definition) is 3. The van der Waals surface area contributed by atoms with Crippen molar-refractivity contribution in [2.75, 3.05) is 13.1 Å². The molecule has 1 aliphatic rings. The molecule has 0 aliphatic carbocycles. The van der Waals surface area contributed by atoms with Gasteiger partial charge in [0.05, 0.1) is 17.5 Å². The SMILES string of the molecule is O=C(c1ccccc1)C1CCN(C(=O)c2cn[nH]c2-c2ccc(Cl)cc2)CC1. The number of carbonyl (C=O) groups is 2. The van der Waals surface area contributed by atoms with Crippen LogP contribution in [0.2, 0.25) is 5.02 Å². The number of hydrogen-bond donors (Lipinski definition) is 1. The van der Waals surface area contributed by atoms with Crippen LogP contribution in [0.4, 0.5) is 0 Å². The lowest BCUT2D eigenvalue weighted by atomic mass is 9.88. The van der Waals surface area contributed by atoms with E-state index in [0.717, 1.165) is 11.1 Å². The van der Waals surface area contributed by atoms with Crippen molar-refractivity contribution >= 4 is 23.3 Å². The summed E-state index contributed by atoms with van der Waals surface area (Å²) >= 11 is 5.95. The zero-order valence-electron chi connectivity index (χ0n) is 15.3. The number of Topliss-reactive ketones (excluding diaryl/α,β-unsaturated/α-hetero) is 1. The Hall–Kier alpha value is -2.92. The molecule has 1 fully saturated rings. The number of ketones is 1. The van der Waals surface area contributed by atoms with Gasteiger partial charge in [0.15, 0.2) is 5.78 Å². The van der Waals surface area contributed by atoms with Crippen molar-refractivity contribution in [1.29, 1.82) is 0 Å². The molecule has 0 bridgehead atoms. The van der Waals surface area contributed by atoms with Crippen LogP contribution in [0, 0.1) is 5.92 Å².